The number of hydrogen-bond acceptors (Lipinski definition) is 3. The van der Waals surface area contributed by atoms with Gasteiger partial charge in [-0.05, 0) is 56.9 Å². The van der Waals surface area contributed by atoms with Gasteiger partial charge in [-0.3, -0.25) is 0 Å². The zero-order valence-electron chi connectivity index (χ0n) is 12.4. The maximum atomic E-state index is 11.4. The largest absolute Gasteiger partial charge is 0.366 e. The van der Waals surface area contributed by atoms with E-state index in [1.807, 2.05) is 0 Å². The molecule has 1 heterocycles. The number of halogens is 1. The highest BCUT2D eigenvalue weighted by Crippen LogP contribution is 2.62. The molecule has 4 unspecified atom stereocenters. The second kappa shape index (κ2) is 5.34. The molecule has 2 aliphatic carbocycles. The van der Waals surface area contributed by atoms with Gasteiger partial charge in [-0.2, -0.15) is 4.91 Å². The summed E-state index contributed by atoms with van der Waals surface area (Å²) in [5.41, 5.74) is 1.01. The Morgan fingerprint density at radius 3 is 3.05 bits per heavy atom. The molecule has 4 heteroatoms. The summed E-state index contributed by atoms with van der Waals surface area (Å²) in [6.07, 6.45) is 10.3. The zero-order valence-corrected chi connectivity index (χ0v) is 14.6. The molecular formula is C16H24INO2. The second-order valence-electron chi connectivity index (χ2n) is 6.73. The van der Waals surface area contributed by atoms with Crippen molar-refractivity contribution in [2.45, 2.75) is 80.0 Å². The number of ether oxygens (including phenoxy) is 1. The van der Waals surface area contributed by atoms with E-state index in [4.69, 9.17) is 4.74 Å². The smallest absolute Gasteiger partial charge is 0.116 e. The van der Waals surface area contributed by atoms with Gasteiger partial charge in [0.15, 0.2) is 0 Å². The van der Waals surface area contributed by atoms with Crippen LogP contribution in [0.5, 0.6) is 0 Å². The fourth-order valence-electron chi connectivity index (χ4n) is 4.57. The van der Waals surface area contributed by atoms with Gasteiger partial charge in [0, 0.05) is 0 Å². The van der Waals surface area contributed by atoms with E-state index in [0.29, 0.717) is 12.0 Å². The van der Waals surface area contributed by atoms with E-state index in [2.05, 4.69) is 47.7 Å². The molecule has 1 aliphatic heterocycles. The van der Waals surface area contributed by atoms with Crippen LogP contribution in [0.1, 0.15) is 58.8 Å². The highest BCUT2D eigenvalue weighted by Gasteiger charge is 2.63. The minimum absolute atomic E-state index is 0.173. The predicted octanol–water partition coefficient (Wildman–Crippen LogP) is 4.77. The lowest BCUT2D eigenvalue weighted by molar-refractivity contribution is -0.0363. The highest BCUT2D eigenvalue weighted by molar-refractivity contribution is 14.1. The van der Waals surface area contributed by atoms with Crippen LogP contribution in [0.15, 0.2) is 16.8 Å². The molecular weight excluding hydrogens is 365 g/mol. The Hall–Kier alpha value is 0.0300. The summed E-state index contributed by atoms with van der Waals surface area (Å²) in [5, 5.41) is 3.46. The van der Waals surface area contributed by atoms with E-state index >= 15 is 0 Å². The number of rotatable bonds is 4. The lowest BCUT2D eigenvalue weighted by Crippen LogP contribution is -2.56. The minimum Gasteiger partial charge on any atom is -0.366 e. The fraction of sp³-hybridized carbons (Fsp3) is 0.875. The van der Waals surface area contributed by atoms with Crippen molar-refractivity contribution in [3.63, 3.8) is 0 Å². The Kier molecular flexibility index (Phi) is 3.99. The molecule has 20 heavy (non-hydrogen) atoms. The molecule has 3 nitrogen and oxygen atoms in total. The number of allylic oxidation sites excluding steroid dienone is 1. The molecule has 1 saturated heterocycles. The van der Waals surface area contributed by atoms with E-state index in [1.54, 1.807) is 0 Å². The molecule has 112 valence electrons. The van der Waals surface area contributed by atoms with Crippen LogP contribution in [0.25, 0.3) is 0 Å². The van der Waals surface area contributed by atoms with Gasteiger partial charge in [-0.25, -0.2) is 0 Å². The number of alkyl halides is 1. The summed E-state index contributed by atoms with van der Waals surface area (Å²) in [4.78, 5) is 11.4. The third-order valence-corrected chi connectivity index (χ3v) is 7.61. The van der Waals surface area contributed by atoms with Crippen molar-refractivity contribution in [3.05, 3.63) is 16.6 Å². The molecule has 2 bridgehead atoms. The molecule has 0 amide bonds. The molecule has 0 radical (unpaired) electrons. The third kappa shape index (κ3) is 2.01. The SMILES string of the molecule is CCCC(N=O)C1=CCCC2(I)CCC3C[C@]12OC3C. The standard InChI is InChI=1S/C16H24INO2/c1-3-5-14(18-19)13-6-4-8-15(17)9-7-12-10-16(13,15)20-11(12)2/h6,11-12,14H,3-5,7-10H2,1-2H3/t11?,12?,14?,15?,16-/m0/s1. The van der Waals surface area contributed by atoms with Crippen LogP contribution in [-0.4, -0.2) is 21.2 Å². The van der Waals surface area contributed by atoms with E-state index in [0.717, 1.165) is 25.7 Å². The first-order valence-corrected chi connectivity index (χ1v) is 9.04. The fourth-order valence-corrected chi connectivity index (χ4v) is 5.86. The predicted molar refractivity (Wildman–Crippen MR) is 89.2 cm³/mol. The normalized spacial score (nSPS) is 44.6. The van der Waals surface area contributed by atoms with E-state index < -0.39 is 0 Å². The Morgan fingerprint density at radius 2 is 2.35 bits per heavy atom. The van der Waals surface area contributed by atoms with Crippen LogP contribution in [0.3, 0.4) is 0 Å². The first-order chi connectivity index (χ1) is 9.56. The number of nitroso groups, excluding NO2 is 1. The second-order valence-corrected chi connectivity index (χ2v) is 8.79. The van der Waals surface area contributed by atoms with Crippen molar-refractivity contribution in [2.24, 2.45) is 11.1 Å². The molecule has 3 aliphatic rings. The van der Waals surface area contributed by atoms with Gasteiger partial charge in [0.25, 0.3) is 0 Å². The van der Waals surface area contributed by atoms with Crippen LogP contribution in [0, 0.1) is 10.8 Å². The summed E-state index contributed by atoms with van der Waals surface area (Å²) >= 11 is 2.64. The maximum absolute atomic E-state index is 11.4. The van der Waals surface area contributed by atoms with Crippen molar-refractivity contribution < 1.29 is 4.74 Å². The molecule has 0 aromatic rings. The Labute approximate surface area is 135 Å². The van der Waals surface area contributed by atoms with E-state index in [9.17, 15) is 4.91 Å². The molecule has 1 saturated carbocycles. The summed E-state index contributed by atoms with van der Waals surface area (Å²) in [7, 11) is 0. The average Bonchev–Trinajstić information content (AvgIpc) is 2.72. The molecule has 0 aromatic heterocycles. The van der Waals surface area contributed by atoms with Crippen LogP contribution in [0.2, 0.25) is 0 Å². The highest BCUT2D eigenvalue weighted by atomic mass is 127. The van der Waals surface area contributed by atoms with Crippen molar-refractivity contribution in [3.8, 4) is 0 Å². The molecule has 5 atom stereocenters. The van der Waals surface area contributed by atoms with Crippen molar-refractivity contribution in [1.82, 2.24) is 0 Å². The Morgan fingerprint density at radius 1 is 1.55 bits per heavy atom. The van der Waals surface area contributed by atoms with Gasteiger partial charge in [0.05, 0.1) is 9.53 Å². The maximum Gasteiger partial charge on any atom is 0.116 e. The van der Waals surface area contributed by atoms with Crippen molar-refractivity contribution >= 4 is 22.6 Å². The lowest BCUT2D eigenvalue weighted by Gasteiger charge is -2.51. The van der Waals surface area contributed by atoms with Crippen molar-refractivity contribution in [1.29, 1.82) is 0 Å². The van der Waals surface area contributed by atoms with Gasteiger partial charge in [0.2, 0.25) is 0 Å². The van der Waals surface area contributed by atoms with Gasteiger partial charge < -0.3 is 4.74 Å². The summed E-state index contributed by atoms with van der Waals surface area (Å²) in [6, 6.07) is -0.182. The third-order valence-electron chi connectivity index (χ3n) is 5.66. The minimum atomic E-state index is -0.206. The van der Waals surface area contributed by atoms with Gasteiger partial charge in [-0.1, -0.05) is 47.2 Å². The van der Waals surface area contributed by atoms with Crippen LogP contribution in [0.4, 0.5) is 0 Å². The molecule has 3 rings (SSSR count). The molecule has 2 fully saturated rings. The number of nitrogens with zero attached hydrogens (tertiary/aromatic N) is 1. The Balaban J connectivity index is 2.02. The molecule has 0 aromatic carbocycles. The van der Waals surface area contributed by atoms with Gasteiger partial charge >= 0.3 is 0 Å². The number of fused-ring (bicyclic) bond motifs is 1. The van der Waals surface area contributed by atoms with Crippen LogP contribution in [-0.2, 0) is 4.74 Å². The Bertz CT molecular complexity index is 434. The number of hydrogen-bond donors (Lipinski definition) is 0. The summed E-state index contributed by atoms with van der Waals surface area (Å²) < 4.78 is 6.72. The van der Waals surface area contributed by atoms with Crippen LogP contribution >= 0.6 is 22.6 Å². The lowest BCUT2D eigenvalue weighted by atomic mass is 9.63. The van der Waals surface area contributed by atoms with E-state index in [-0.39, 0.29) is 15.1 Å². The van der Waals surface area contributed by atoms with E-state index in [1.165, 1.54) is 24.8 Å². The summed E-state index contributed by atoms with van der Waals surface area (Å²) in [5.74, 6) is 0.660. The van der Waals surface area contributed by atoms with Crippen molar-refractivity contribution in [2.75, 3.05) is 0 Å². The molecule has 0 N–H and O–H groups in total. The quantitative estimate of drug-likeness (QED) is 0.301. The van der Waals surface area contributed by atoms with Crippen LogP contribution < -0.4 is 0 Å². The first kappa shape index (κ1) is 14.9. The topological polar surface area (TPSA) is 38.7 Å². The monoisotopic (exact) mass is 389 g/mol. The van der Waals surface area contributed by atoms with Gasteiger partial charge in [-0.15, -0.1) is 0 Å². The van der Waals surface area contributed by atoms with Gasteiger partial charge in [0.1, 0.15) is 11.6 Å². The molecule has 1 spiro atoms. The first-order valence-electron chi connectivity index (χ1n) is 7.96. The zero-order chi connectivity index (χ0) is 14.4. The summed E-state index contributed by atoms with van der Waals surface area (Å²) in [6.45, 7) is 4.33. The average molecular weight is 389 g/mol.